The Kier molecular flexibility index (Phi) is 20.5. The summed E-state index contributed by atoms with van der Waals surface area (Å²) >= 11 is 0. The van der Waals surface area contributed by atoms with E-state index in [1.165, 1.54) is 26.2 Å². The molecule has 3 saturated heterocycles. The minimum Gasteiger partial charge on any atom is -0.469 e. The van der Waals surface area contributed by atoms with Crippen LogP contribution in [-0.4, -0.2) is 133 Å². The van der Waals surface area contributed by atoms with E-state index in [2.05, 4.69) is 65.6 Å². The van der Waals surface area contributed by atoms with Gasteiger partial charge in [-0.2, -0.15) is 10.1 Å². The van der Waals surface area contributed by atoms with Crippen molar-refractivity contribution in [3.05, 3.63) is 55.4 Å². The number of piperidine rings is 3. The van der Waals surface area contributed by atoms with Gasteiger partial charge in [-0.1, -0.05) is 15.3 Å². The molecule has 0 unspecified atom stereocenters. The van der Waals surface area contributed by atoms with Crippen molar-refractivity contribution in [1.29, 1.82) is 0 Å². The van der Waals surface area contributed by atoms with Crippen LogP contribution in [0.25, 0.3) is 31.3 Å². The SMILES string of the molecule is COC(=O)[C@@H]1C[C@@H](N=[N+]=[N-])CN(C(=O)OC(C)(C)C)C1.COC(=O)[C@@H]1C[C@@H](N=[N+]=[N-])CN(c2nc(C)cc(Nc3ccn[nH]3)n2)C1.COC(=O)[C@H]1CNC[C@H](N=[N+]=[N-])C1.Cl. The number of H-pyrrole nitrogens is 1. The Morgan fingerprint density at radius 3 is 1.90 bits per heavy atom. The number of anilines is 3. The molecule has 3 aliphatic heterocycles. The van der Waals surface area contributed by atoms with Crippen LogP contribution in [-0.2, 0) is 33.3 Å². The number of methoxy groups -OCH3 is 3. The number of amides is 1. The summed E-state index contributed by atoms with van der Waals surface area (Å²) < 4.78 is 19.4. The number of aryl methyl sites for hydroxylation is 1. The standard InChI is InChI=1S/C15H19N9O2.C12H20N4O4.C7H12N4O2.ClH/c1-9-5-13(19-12-3-4-17-22-12)20-15(18-9)24-7-10(14(25)26-2)6-11(8-24)21-23-16;1-12(2,3)20-11(18)16-6-8(10(17)19-4)5-9(7-16)14-15-13;1-13-7(12)5-2-6(10-11-8)4-9-3-5;/h3-5,10-11H,6-8H2,1-2H3,(H2,17,18,19,20,22);8-9H,5-7H2,1-4H3;5-6,9H,2-4H2,1H3;1H/t10-,11-;8-,9-;5-,6-;/m111./s1. The van der Waals surface area contributed by atoms with Gasteiger partial charge in [0.05, 0.1) is 63.4 Å². The molecule has 3 N–H and O–H groups in total. The van der Waals surface area contributed by atoms with E-state index >= 15 is 0 Å². The van der Waals surface area contributed by atoms with Crippen molar-refractivity contribution in [1.82, 2.24) is 30.4 Å². The highest BCUT2D eigenvalue weighted by Gasteiger charge is 2.36. The molecule has 1 amide bonds. The summed E-state index contributed by atoms with van der Waals surface area (Å²) in [5.41, 5.74) is 25.6. The van der Waals surface area contributed by atoms with Crippen molar-refractivity contribution >= 4 is 54.0 Å². The van der Waals surface area contributed by atoms with E-state index in [0.717, 1.165) is 5.69 Å². The Morgan fingerprint density at radius 2 is 1.35 bits per heavy atom. The number of hydrogen-bond acceptors (Lipinski definition) is 17. The number of carbonyl (C=O) groups is 4. The zero-order valence-electron chi connectivity index (χ0n) is 34.5. The first-order chi connectivity index (χ1) is 28.1. The average molecular weight is 862 g/mol. The number of aromatic amines is 1. The van der Waals surface area contributed by atoms with Crippen LogP contribution in [0.4, 0.5) is 22.4 Å². The van der Waals surface area contributed by atoms with Gasteiger partial charge >= 0.3 is 24.0 Å². The Morgan fingerprint density at radius 1 is 0.800 bits per heavy atom. The fourth-order valence-corrected chi connectivity index (χ4v) is 6.42. The second-order valence-electron chi connectivity index (χ2n) is 14.7. The van der Waals surface area contributed by atoms with Gasteiger partial charge in [0.25, 0.3) is 0 Å². The maximum atomic E-state index is 12.0. The summed E-state index contributed by atoms with van der Waals surface area (Å²) in [6, 6.07) is 2.64. The van der Waals surface area contributed by atoms with Gasteiger partial charge in [0.2, 0.25) is 5.95 Å². The van der Waals surface area contributed by atoms with E-state index in [0.29, 0.717) is 63.0 Å². The van der Waals surface area contributed by atoms with Crippen LogP contribution >= 0.6 is 12.4 Å². The fraction of sp³-hybridized carbons (Fsp3) is 0.676. The van der Waals surface area contributed by atoms with Gasteiger partial charge in [0.1, 0.15) is 17.2 Å². The largest absolute Gasteiger partial charge is 0.469 e. The third kappa shape index (κ3) is 16.2. The molecule has 60 heavy (non-hydrogen) atoms. The topological polar surface area (TPSA) is 336 Å². The number of likely N-dealkylation sites (tertiary alicyclic amines) is 1. The quantitative estimate of drug-likeness (QED) is 0.0993. The van der Waals surface area contributed by atoms with E-state index in [4.69, 9.17) is 30.8 Å². The first kappa shape index (κ1) is 49.9. The van der Waals surface area contributed by atoms with E-state index in [1.807, 2.05) is 11.8 Å². The lowest BCUT2D eigenvalue weighted by atomic mass is 9.95. The first-order valence-corrected chi connectivity index (χ1v) is 18.5. The Labute approximate surface area is 351 Å². The molecule has 328 valence electrons. The monoisotopic (exact) mass is 861 g/mol. The average Bonchev–Trinajstić information content (AvgIpc) is 3.73. The number of nitrogens with zero attached hydrogens (tertiary/aromatic N) is 14. The van der Waals surface area contributed by atoms with Crippen LogP contribution in [0.15, 0.2) is 33.7 Å². The smallest absolute Gasteiger partial charge is 0.410 e. The van der Waals surface area contributed by atoms with Gasteiger partial charge in [-0.05, 0) is 63.6 Å². The molecule has 0 aliphatic carbocycles. The molecule has 0 bridgehead atoms. The van der Waals surface area contributed by atoms with Gasteiger partial charge in [0.15, 0.2) is 0 Å². The number of carbonyl (C=O) groups excluding carboxylic acids is 4. The van der Waals surface area contributed by atoms with Crippen molar-refractivity contribution in [2.24, 2.45) is 33.1 Å². The lowest BCUT2D eigenvalue weighted by Gasteiger charge is -2.35. The van der Waals surface area contributed by atoms with E-state index in [-0.39, 0.29) is 55.4 Å². The van der Waals surface area contributed by atoms with Crippen LogP contribution in [0.5, 0.6) is 0 Å². The first-order valence-electron chi connectivity index (χ1n) is 18.5. The van der Waals surface area contributed by atoms with E-state index in [9.17, 15) is 19.2 Å². The number of aromatic nitrogens is 4. The Balaban J connectivity index is 0.000000325. The molecule has 0 spiro atoms. The van der Waals surface area contributed by atoms with Gasteiger partial charge < -0.3 is 39.4 Å². The van der Waals surface area contributed by atoms with Crippen molar-refractivity contribution in [3.8, 4) is 0 Å². The second-order valence-corrected chi connectivity index (χ2v) is 14.7. The molecule has 5 heterocycles. The van der Waals surface area contributed by atoms with Crippen LogP contribution in [0, 0.1) is 24.7 Å². The molecule has 0 radical (unpaired) electrons. The Bertz CT molecular complexity index is 1880. The molecule has 25 nitrogen and oxygen atoms in total. The third-order valence-electron chi connectivity index (χ3n) is 8.97. The van der Waals surface area contributed by atoms with Crippen LogP contribution in [0.3, 0.4) is 0 Å². The summed E-state index contributed by atoms with van der Waals surface area (Å²) in [5, 5.41) is 23.8. The fourth-order valence-electron chi connectivity index (χ4n) is 6.42. The molecule has 5 rings (SSSR count). The summed E-state index contributed by atoms with van der Waals surface area (Å²) in [6.45, 7) is 9.66. The third-order valence-corrected chi connectivity index (χ3v) is 8.97. The molecule has 0 aromatic carbocycles. The number of rotatable bonds is 9. The number of ether oxygens (including phenoxy) is 4. The molecule has 0 saturated carbocycles. The van der Waals surface area contributed by atoms with Gasteiger partial charge in [-0.25, -0.2) is 9.78 Å². The van der Waals surface area contributed by atoms with Crippen LogP contribution in [0.2, 0.25) is 0 Å². The van der Waals surface area contributed by atoms with E-state index in [1.54, 1.807) is 39.1 Å². The second kappa shape index (κ2) is 24.6. The highest BCUT2D eigenvalue weighted by molar-refractivity contribution is 5.85. The highest BCUT2D eigenvalue weighted by Crippen LogP contribution is 2.26. The predicted octanol–water partition coefficient (Wildman–Crippen LogP) is 4.89. The molecule has 6 atom stereocenters. The molecular weight excluding hydrogens is 810 g/mol. The summed E-state index contributed by atoms with van der Waals surface area (Å²) in [4.78, 5) is 67.3. The summed E-state index contributed by atoms with van der Waals surface area (Å²) in [6.07, 6.45) is 2.50. The molecule has 2 aromatic rings. The zero-order chi connectivity index (χ0) is 43.5. The lowest BCUT2D eigenvalue weighted by molar-refractivity contribution is -0.147. The van der Waals surface area contributed by atoms with Gasteiger partial charge in [0, 0.05) is 71.8 Å². The maximum absolute atomic E-state index is 12.0. The van der Waals surface area contributed by atoms with Crippen LogP contribution in [0.1, 0.15) is 45.7 Å². The van der Waals surface area contributed by atoms with Crippen LogP contribution < -0.4 is 15.5 Å². The molecule has 2 aromatic heterocycles. The number of azide groups is 3. The van der Waals surface area contributed by atoms with Crippen molar-refractivity contribution in [2.75, 3.05) is 70.8 Å². The van der Waals surface area contributed by atoms with Crippen molar-refractivity contribution in [3.63, 3.8) is 0 Å². The number of nitrogens with one attached hydrogen (secondary N) is 3. The molecule has 26 heteroatoms. The van der Waals surface area contributed by atoms with Crippen molar-refractivity contribution in [2.45, 2.75) is 70.7 Å². The number of halogens is 1. The number of hydrogen-bond donors (Lipinski definition) is 3. The molecular formula is C34H52ClN17O8. The van der Waals surface area contributed by atoms with Gasteiger partial charge in [-0.3, -0.25) is 19.5 Å². The summed E-state index contributed by atoms with van der Waals surface area (Å²) in [5.74, 6) is -0.343. The number of esters is 3. The maximum Gasteiger partial charge on any atom is 0.410 e. The minimum atomic E-state index is -0.622. The van der Waals surface area contributed by atoms with Crippen molar-refractivity contribution < 1.29 is 38.1 Å². The normalized spacial score (nSPS) is 22.0. The van der Waals surface area contributed by atoms with E-state index < -0.39 is 35.5 Å². The zero-order valence-corrected chi connectivity index (χ0v) is 35.3. The minimum absolute atomic E-state index is 0. The highest BCUT2D eigenvalue weighted by atomic mass is 35.5. The molecule has 3 fully saturated rings. The Hall–Kier alpha value is -6.25. The molecule has 3 aliphatic rings. The van der Waals surface area contributed by atoms with Gasteiger partial charge in [-0.15, -0.1) is 12.4 Å². The summed E-state index contributed by atoms with van der Waals surface area (Å²) in [7, 11) is 4.00. The lowest BCUT2D eigenvalue weighted by Crippen LogP contribution is -2.49. The predicted molar refractivity (Wildman–Crippen MR) is 218 cm³/mol.